The van der Waals surface area contributed by atoms with E-state index < -0.39 is 11.4 Å². The van der Waals surface area contributed by atoms with E-state index in [0.717, 1.165) is 47.1 Å². The Morgan fingerprint density at radius 1 is 1.36 bits per heavy atom. The molecule has 1 spiro atoms. The minimum atomic E-state index is -1.29. The van der Waals surface area contributed by atoms with Crippen LogP contribution < -0.4 is 5.31 Å². The first-order valence-electron chi connectivity index (χ1n) is 9.52. The van der Waals surface area contributed by atoms with Crippen LogP contribution in [-0.2, 0) is 17.8 Å². The summed E-state index contributed by atoms with van der Waals surface area (Å²) in [7, 11) is 0. The number of aryl methyl sites for hydroxylation is 1. The molecule has 6 heteroatoms. The second kappa shape index (κ2) is 6.32. The van der Waals surface area contributed by atoms with Gasteiger partial charge in [-0.3, -0.25) is 0 Å². The number of fused-ring (bicyclic) bond motifs is 1. The van der Waals surface area contributed by atoms with Crippen LogP contribution in [0, 0.1) is 17.8 Å². The molecule has 1 aromatic heterocycles. The molecular formula is C19H31N3OS2. The molecule has 140 valence electrons. The maximum Gasteiger partial charge on any atom is 0.144 e. The van der Waals surface area contributed by atoms with Gasteiger partial charge in [0.25, 0.3) is 0 Å². The topological polar surface area (TPSA) is 60.3 Å². The van der Waals surface area contributed by atoms with Crippen LogP contribution in [0.25, 0.3) is 0 Å². The van der Waals surface area contributed by atoms with Gasteiger partial charge in [-0.1, -0.05) is 25.2 Å². The van der Waals surface area contributed by atoms with Gasteiger partial charge in [0.05, 0.1) is 15.6 Å². The van der Waals surface area contributed by atoms with E-state index in [0.29, 0.717) is 0 Å². The Bertz CT molecular complexity index is 719. The molecule has 3 atom stereocenters. The van der Waals surface area contributed by atoms with Crippen molar-refractivity contribution in [3.05, 3.63) is 15.6 Å². The molecule has 1 aromatic rings. The van der Waals surface area contributed by atoms with E-state index in [1.54, 1.807) is 16.6 Å². The van der Waals surface area contributed by atoms with E-state index in [2.05, 4.69) is 20.8 Å². The van der Waals surface area contributed by atoms with Crippen LogP contribution in [0.4, 0.5) is 0 Å². The van der Waals surface area contributed by atoms with Gasteiger partial charge in [-0.25, -0.2) is 4.98 Å². The molecule has 2 aliphatic rings. The third-order valence-electron chi connectivity index (χ3n) is 5.25. The third kappa shape index (κ3) is 3.68. The zero-order valence-corrected chi connectivity index (χ0v) is 18.1. The van der Waals surface area contributed by atoms with Crippen molar-refractivity contribution in [2.45, 2.75) is 78.5 Å². The van der Waals surface area contributed by atoms with Crippen LogP contribution in [-0.4, -0.2) is 32.6 Å². The van der Waals surface area contributed by atoms with Crippen molar-refractivity contribution in [2.24, 2.45) is 15.2 Å². The molecule has 0 bridgehead atoms. The summed E-state index contributed by atoms with van der Waals surface area (Å²) in [6.07, 6.45) is 2.63. The maximum absolute atomic E-state index is 12.9. The molecule has 0 saturated carbocycles. The number of thiazole rings is 1. The molecular weight excluding hydrogens is 350 g/mol. The van der Waals surface area contributed by atoms with Gasteiger partial charge in [0, 0.05) is 17.9 Å². The number of nitrogens with zero attached hydrogens (tertiary/aromatic N) is 2. The predicted molar refractivity (Wildman–Crippen MR) is 108 cm³/mol. The largest absolute Gasteiger partial charge is 0.591 e. The quantitative estimate of drug-likeness (QED) is 0.746. The van der Waals surface area contributed by atoms with Gasteiger partial charge in [0.1, 0.15) is 23.2 Å². The van der Waals surface area contributed by atoms with E-state index in [1.807, 2.05) is 27.7 Å². The predicted octanol–water partition coefficient (Wildman–Crippen LogP) is 4.04. The second-order valence-corrected chi connectivity index (χ2v) is 12.6. The van der Waals surface area contributed by atoms with Crippen molar-refractivity contribution in [1.29, 1.82) is 0 Å². The summed E-state index contributed by atoms with van der Waals surface area (Å²) in [5, 5.41) is 2.79. The summed E-state index contributed by atoms with van der Waals surface area (Å²) in [5.74, 6) is 0. The number of piperidine rings is 1. The lowest BCUT2D eigenvalue weighted by Crippen LogP contribution is -2.52. The fourth-order valence-electron chi connectivity index (χ4n) is 3.71. The van der Waals surface area contributed by atoms with Crippen LogP contribution in [0.3, 0.4) is 0 Å². The molecule has 1 fully saturated rings. The standard InChI is InChI=1S/C19H31N3OS2/c1-12-21-13-10-19(8-9-20-14(11-19)17(2,3)4)16(15(13)24-12)22-25(23)18(5,6)7/h14,20H,8-11H2,1-7H3/t14-,19?,25?/m1/s1/i/hD. The van der Waals surface area contributed by atoms with Gasteiger partial charge in [-0.05, 0) is 52.5 Å². The molecule has 1 aliphatic carbocycles. The molecule has 2 heterocycles. The van der Waals surface area contributed by atoms with E-state index in [9.17, 15) is 4.55 Å². The fourth-order valence-corrected chi connectivity index (χ4v) is 5.53. The molecule has 3 rings (SSSR count). The van der Waals surface area contributed by atoms with E-state index >= 15 is 0 Å². The lowest BCUT2D eigenvalue weighted by molar-refractivity contribution is 0.156. The lowest BCUT2D eigenvalue weighted by Gasteiger charge is -2.44. The molecule has 4 nitrogen and oxygen atoms in total. The highest BCUT2D eigenvalue weighted by Crippen LogP contribution is 2.49. The summed E-state index contributed by atoms with van der Waals surface area (Å²) in [5.41, 5.74) is 2.00. The number of hydrogen-bond acceptors (Lipinski definition) is 5. The summed E-state index contributed by atoms with van der Waals surface area (Å²) in [6, 6.07) is 0.152. The molecule has 0 amide bonds. The van der Waals surface area contributed by atoms with Crippen LogP contribution in [0.5, 0.6) is 0 Å². The highest BCUT2D eigenvalue weighted by Gasteiger charge is 2.51. The molecule has 25 heavy (non-hydrogen) atoms. The van der Waals surface area contributed by atoms with Crippen molar-refractivity contribution in [3.63, 3.8) is 0 Å². The maximum atomic E-state index is 12.9. The minimum Gasteiger partial charge on any atom is -0.591 e. The Morgan fingerprint density at radius 3 is 2.64 bits per heavy atom. The average Bonchev–Trinajstić information content (AvgIpc) is 2.95. The third-order valence-corrected chi connectivity index (χ3v) is 7.67. The lowest BCUT2D eigenvalue weighted by atomic mass is 9.68. The molecule has 1 aliphatic heterocycles. The van der Waals surface area contributed by atoms with Gasteiger partial charge in [-0.15, -0.1) is 11.3 Å². The molecule has 1 N–H and O–H groups in total. The zero-order chi connectivity index (χ0) is 19.5. The van der Waals surface area contributed by atoms with Crippen molar-refractivity contribution in [2.75, 3.05) is 6.54 Å². The van der Waals surface area contributed by atoms with Gasteiger partial charge < -0.3 is 9.86 Å². The van der Waals surface area contributed by atoms with Gasteiger partial charge in [0.2, 0.25) is 0 Å². The zero-order valence-electron chi connectivity index (χ0n) is 17.5. The van der Waals surface area contributed by atoms with Crippen molar-refractivity contribution in [3.8, 4) is 0 Å². The van der Waals surface area contributed by atoms with Crippen LogP contribution >= 0.6 is 11.3 Å². The summed E-state index contributed by atoms with van der Waals surface area (Å²) >= 11 is 0.390. The molecule has 1 saturated heterocycles. The van der Waals surface area contributed by atoms with Gasteiger partial charge in [-0.2, -0.15) is 0 Å². The highest BCUT2D eigenvalue weighted by molar-refractivity contribution is 7.91. The van der Waals surface area contributed by atoms with Crippen LogP contribution in [0.2, 0.25) is 1.41 Å². The normalized spacial score (nSPS) is 31.4. The van der Waals surface area contributed by atoms with Crippen molar-refractivity contribution >= 4 is 28.4 Å². The van der Waals surface area contributed by atoms with Crippen molar-refractivity contribution < 1.29 is 5.96 Å². The minimum absolute atomic E-state index is 0.0167. The number of aromatic nitrogens is 1. The monoisotopic (exact) mass is 382 g/mol. The molecule has 2 unspecified atom stereocenters. The first kappa shape index (κ1) is 18.0. The number of hydrogen-bond donors (Lipinski definition) is 1. The Balaban J connectivity index is 2.05. The Kier molecular flexibility index (Phi) is 4.54. The second-order valence-electron chi connectivity index (χ2n) is 9.51. The van der Waals surface area contributed by atoms with Crippen molar-refractivity contribution in [1.82, 2.24) is 10.3 Å². The Hall–Kier alpha value is -0.430. The molecule has 0 radical (unpaired) electrons. The first-order chi connectivity index (χ1) is 11.8. The van der Waals surface area contributed by atoms with Crippen LogP contribution in [0.1, 0.15) is 70.0 Å². The first-order valence-corrected chi connectivity index (χ1v) is 11.0. The average molecular weight is 383 g/mol. The summed E-state index contributed by atoms with van der Waals surface area (Å²) in [6.45, 7) is 15.3. The van der Waals surface area contributed by atoms with Gasteiger partial charge >= 0.3 is 0 Å². The van der Waals surface area contributed by atoms with E-state index in [4.69, 9.17) is 10.8 Å². The Morgan fingerprint density at radius 2 is 2.04 bits per heavy atom. The highest BCUT2D eigenvalue weighted by atomic mass is 32.2. The summed E-state index contributed by atoms with van der Waals surface area (Å²) in [4.78, 5) is 5.88. The molecule has 0 aromatic carbocycles. The number of rotatable bonds is 1. The number of nitrogens with one attached hydrogen (secondary N) is 1. The van der Waals surface area contributed by atoms with Gasteiger partial charge in [0.15, 0.2) is 0 Å². The fraction of sp³-hybridized carbons (Fsp3) is 0.789. The van der Waals surface area contributed by atoms with E-state index in [1.165, 1.54) is 0 Å². The van der Waals surface area contributed by atoms with E-state index in [-0.39, 0.29) is 21.6 Å². The summed E-state index contributed by atoms with van der Waals surface area (Å²) < 4.78 is 25.7. The Labute approximate surface area is 160 Å². The smallest absolute Gasteiger partial charge is 0.144 e. The van der Waals surface area contributed by atoms with Crippen LogP contribution in [0.15, 0.2) is 4.40 Å². The SMILES string of the molecule is [2H]N1CCC2(Cc3nc(C)sc3C2=N[S+]([O-])C(C)(C)C)C[C@@H]1C(C)(C)C.